The molecular weight excluding hydrogens is 316 g/mol. The number of allylic oxidation sites excluding steroid dienone is 2. The molecule has 0 bridgehead atoms. The van der Waals surface area contributed by atoms with Crippen molar-refractivity contribution in [2.75, 3.05) is 11.9 Å². The molecule has 25 heavy (non-hydrogen) atoms. The highest BCUT2D eigenvalue weighted by Gasteiger charge is 2.37. The Hall–Kier alpha value is -3.15. The van der Waals surface area contributed by atoms with Gasteiger partial charge in [0.2, 0.25) is 0 Å². The highest BCUT2D eigenvalue weighted by Crippen LogP contribution is 2.46. The molecule has 1 N–H and O–H groups in total. The maximum atomic E-state index is 12.0. The molecule has 0 atom stereocenters. The van der Waals surface area contributed by atoms with Crippen molar-refractivity contribution < 1.29 is 9.52 Å². The molecule has 0 aliphatic carbocycles. The van der Waals surface area contributed by atoms with Gasteiger partial charge in [-0.2, -0.15) is 9.83 Å². The fourth-order valence-corrected chi connectivity index (χ4v) is 3.16. The number of rotatable bonds is 3. The number of likely N-dealkylation sites (N-methyl/N-ethyl adjacent to an activating group) is 1. The number of para-hydroxylation sites is 1. The smallest absolute Gasteiger partial charge is 0.277 e. The highest BCUT2D eigenvalue weighted by molar-refractivity contribution is 5.94. The molecule has 1 aliphatic rings. The van der Waals surface area contributed by atoms with Crippen molar-refractivity contribution in [2.45, 2.75) is 19.3 Å². The number of nitrogens with zero attached hydrogens (tertiary/aromatic N) is 3. The zero-order valence-corrected chi connectivity index (χ0v) is 14.4. The molecule has 2 aromatic rings. The van der Waals surface area contributed by atoms with E-state index in [9.17, 15) is 10.0 Å². The molecule has 1 aliphatic heterocycles. The van der Waals surface area contributed by atoms with Crippen LogP contribution < -0.4 is 15.1 Å². The van der Waals surface area contributed by atoms with Gasteiger partial charge in [0.05, 0.1) is 0 Å². The van der Waals surface area contributed by atoms with Crippen molar-refractivity contribution in [2.24, 2.45) is 5.10 Å². The van der Waals surface area contributed by atoms with Crippen LogP contribution in [0.1, 0.15) is 29.8 Å². The normalized spacial score (nSPS) is 17.1. The van der Waals surface area contributed by atoms with Crippen molar-refractivity contribution in [3.63, 3.8) is 0 Å². The first-order valence-corrected chi connectivity index (χ1v) is 7.97. The zero-order valence-electron chi connectivity index (χ0n) is 14.4. The van der Waals surface area contributed by atoms with Gasteiger partial charge in [0, 0.05) is 36.1 Å². The SMILES string of the molecule is CN1C(=CC=NNC(=O)c2ccc[n+]([O-])c2)C(C)(C)c2ccccc21. The van der Waals surface area contributed by atoms with Crippen LogP contribution in [0.5, 0.6) is 0 Å². The molecule has 1 aromatic heterocycles. The number of benzene rings is 1. The van der Waals surface area contributed by atoms with Crippen LogP contribution in [0.25, 0.3) is 0 Å². The summed E-state index contributed by atoms with van der Waals surface area (Å²) >= 11 is 0. The number of carbonyl (C=O) groups is 1. The van der Waals surface area contributed by atoms with E-state index in [1.54, 1.807) is 12.3 Å². The Balaban J connectivity index is 1.74. The van der Waals surface area contributed by atoms with Gasteiger partial charge in [0.15, 0.2) is 12.4 Å². The zero-order chi connectivity index (χ0) is 18.0. The number of fused-ring (bicyclic) bond motifs is 1. The molecule has 0 unspecified atom stereocenters. The predicted octanol–water partition coefficient (Wildman–Crippen LogP) is 2.35. The topological polar surface area (TPSA) is 71.6 Å². The minimum absolute atomic E-state index is 0.144. The number of carbonyl (C=O) groups excluding carboxylic acids is 1. The maximum absolute atomic E-state index is 12.0. The molecule has 0 radical (unpaired) electrons. The van der Waals surface area contributed by atoms with Gasteiger partial charge in [-0.3, -0.25) is 4.79 Å². The Morgan fingerprint density at radius 2 is 2.04 bits per heavy atom. The van der Waals surface area contributed by atoms with E-state index in [1.807, 2.05) is 25.3 Å². The van der Waals surface area contributed by atoms with Gasteiger partial charge < -0.3 is 10.1 Å². The number of hydrazone groups is 1. The third kappa shape index (κ3) is 3.10. The van der Waals surface area contributed by atoms with Crippen LogP contribution in [-0.2, 0) is 5.41 Å². The van der Waals surface area contributed by atoms with Gasteiger partial charge in [-0.05, 0) is 23.8 Å². The number of nitrogens with one attached hydrogen (secondary N) is 1. The fourth-order valence-electron chi connectivity index (χ4n) is 3.16. The number of aromatic nitrogens is 1. The van der Waals surface area contributed by atoms with E-state index >= 15 is 0 Å². The highest BCUT2D eigenvalue weighted by atomic mass is 16.5. The minimum atomic E-state index is -0.429. The molecule has 1 amide bonds. The van der Waals surface area contributed by atoms with Crippen molar-refractivity contribution in [1.29, 1.82) is 0 Å². The maximum Gasteiger partial charge on any atom is 0.277 e. The van der Waals surface area contributed by atoms with Gasteiger partial charge in [-0.1, -0.05) is 32.0 Å². The summed E-state index contributed by atoms with van der Waals surface area (Å²) in [6, 6.07) is 11.3. The van der Waals surface area contributed by atoms with Crippen LogP contribution in [-0.4, -0.2) is 19.2 Å². The van der Waals surface area contributed by atoms with E-state index in [1.165, 1.54) is 29.7 Å². The van der Waals surface area contributed by atoms with Crippen LogP contribution >= 0.6 is 0 Å². The predicted molar refractivity (Wildman–Crippen MR) is 97.3 cm³/mol. The standard InChI is InChI=1S/C19H20N4O2/c1-19(2)15-8-4-5-9-16(15)22(3)17(19)10-11-20-21-18(24)14-7-6-12-23(25)13-14/h4-13H,1-3H3,(H,21,24). The lowest BCUT2D eigenvalue weighted by Gasteiger charge is -2.23. The third-order valence-electron chi connectivity index (χ3n) is 4.45. The summed E-state index contributed by atoms with van der Waals surface area (Å²) in [5.41, 5.74) is 6.05. The first kappa shape index (κ1) is 16.7. The summed E-state index contributed by atoms with van der Waals surface area (Å²) in [4.78, 5) is 14.1. The van der Waals surface area contributed by atoms with Gasteiger partial charge in [-0.15, -0.1) is 0 Å². The van der Waals surface area contributed by atoms with Crippen molar-refractivity contribution in [1.82, 2.24) is 5.43 Å². The third-order valence-corrected chi connectivity index (χ3v) is 4.45. The molecule has 3 rings (SSSR count). The van der Waals surface area contributed by atoms with Crippen LogP contribution in [0.15, 0.2) is 65.7 Å². The molecule has 2 heterocycles. The summed E-state index contributed by atoms with van der Waals surface area (Å²) < 4.78 is 0.577. The molecule has 1 aromatic carbocycles. The number of hydrogen-bond acceptors (Lipinski definition) is 4. The Labute approximate surface area is 146 Å². The van der Waals surface area contributed by atoms with E-state index in [0.29, 0.717) is 4.73 Å². The molecule has 0 saturated heterocycles. The van der Waals surface area contributed by atoms with E-state index in [-0.39, 0.29) is 11.0 Å². The first-order valence-electron chi connectivity index (χ1n) is 7.97. The summed E-state index contributed by atoms with van der Waals surface area (Å²) in [6.07, 6.45) is 5.97. The molecule has 6 heteroatoms. The second kappa shape index (κ2) is 6.39. The number of hydrogen-bond donors (Lipinski definition) is 1. The Bertz CT molecular complexity index is 871. The van der Waals surface area contributed by atoms with E-state index in [0.717, 1.165) is 5.70 Å². The minimum Gasteiger partial charge on any atom is -0.619 e. The van der Waals surface area contributed by atoms with Crippen LogP contribution in [0.3, 0.4) is 0 Å². The second-order valence-electron chi connectivity index (χ2n) is 6.42. The first-order chi connectivity index (χ1) is 11.9. The lowest BCUT2D eigenvalue weighted by molar-refractivity contribution is -0.605. The molecular formula is C19H20N4O2. The van der Waals surface area contributed by atoms with Gasteiger partial charge in [0.1, 0.15) is 5.56 Å². The molecule has 6 nitrogen and oxygen atoms in total. The molecule has 0 spiro atoms. The Morgan fingerprint density at radius 1 is 1.28 bits per heavy atom. The Kier molecular flexibility index (Phi) is 4.27. The summed E-state index contributed by atoms with van der Waals surface area (Å²) in [5, 5.41) is 15.2. The fraction of sp³-hybridized carbons (Fsp3) is 0.211. The summed E-state index contributed by atoms with van der Waals surface area (Å²) in [7, 11) is 2.02. The van der Waals surface area contributed by atoms with Crippen molar-refractivity contribution in [3.8, 4) is 0 Å². The van der Waals surface area contributed by atoms with Crippen molar-refractivity contribution in [3.05, 3.63) is 76.9 Å². The van der Waals surface area contributed by atoms with Crippen molar-refractivity contribution >= 4 is 17.8 Å². The van der Waals surface area contributed by atoms with Gasteiger partial charge >= 0.3 is 0 Å². The van der Waals surface area contributed by atoms with Gasteiger partial charge in [0.25, 0.3) is 5.91 Å². The lowest BCUT2D eigenvalue weighted by Crippen LogP contribution is -2.28. The monoisotopic (exact) mass is 336 g/mol. The molecule has 0 saturated carbocycles. The van der Waals surface area contributed by atoms with Gasteiger partial charge in [-0.25, -0.2) is 5.43 Å². The number of pyridine rings is 1. The summed E-state index contributed by atoms with van der Waals surface area (Å²) in [6.45, 7) is 4.31. The number of amides is 1. The average molecular weight is 336 g/mol. The molecule has 0 fully saturated rings. The number of anilines is 1. The summed E-state index contributed by atoms with van der Waals surface area (Å²) in [5.74, 6) is -0.429. The lowest BCUT2D eigenvalue weighted by atomic mass is 9.84. The Morgan fingerprint density at radius 3 is 2.76 bits per heavy atom. The molecule has 128 valence electrons. The second-order valence-corrected chi connectivity index (χ2v) is 6.42. The van der Waals surface area contributed by atoms with E-state index in [4.69, 9.17) is 0 Å². The van der Waals surface area contributed by atoms with Crippen LogP contribution in [0, 0.1) is 5.21 Å². The van der Waals surface area contributed by atoms with Crippen LogP contribution in [0.4, 0.5) is 5.69 Å². The quantitative estimate of drug-likeness (QED) is 0.405. The average Bonchev–Trinajstić information content (AvgIpc) is 2.79. The van der Waals surface area contributed by atoms with Crippen LogP contribution in [0.2, 0.25) is 0 Å². The van der Waals surface area contributed by atoms with E-state index < -0.39 is 5.91 Å². The largest absolute Gasteiger partial charge is 0.619 e. The van der Waals surface area contributed by atoms with E-state index in [2.05, 4.69) is 41.4 Å².